The third kappa shape index (κ3) is 3.32. The maximum atomic E-state index is 7.00. The van der Waals surface area contributed by atoms with Crippen LogP contribution >= 0.6 is 0 Å². The van der Waals surface area contributed by atoms with Crippen LogP contribution in [-0.2, 0) is 0 Å². The monoisotopic (exact) mass is 155 g/mol. The van der Waals surface area contributed by atoms with Gasteiger partial charge in [-0.1, -0.05) is 0 Å². The fraction of sp³-hybridized carbons (Fsp3) is 0.143. The predicted molar refractivity (Wildman–Crippen MR) is 47.8 cm³/mol. The van der Waals surface area contributed by atoms with Gasteiger partial charge in [0.05, 0.1) is 0 Å². The summed E-state index contributed by atoms with van der Waals surface area (Å²) in [6.07, 6.45) is 0. The quantitative estimate of drug-likeness (QED) is 0.397. The Morgan fingerprint density at radius 2 is 1.00 bits per heavy atom. The van der Waals surface area contributed by atoms with Gasteiger partial charge in [-0.3, -0.25) is 0 Å². The van der Waals surface area contributed by atoms with Crippen molar-refractivity contribution in [2.45, 2.75) is 0 Å². The molecular formula is C7H13N3O. The van der Waals surface area contributed by atoms with Crippen molar-refractivity contribution in [3.63, 3.8) is 0 Å². The first-order chi connectivity index (χ1) is 5.18. The highest BCUT2D eigenvalue weighted by Crippen LogP contribution is 2.14. The van der Waals surface area contributed by atoms with E-state index in [1.165, 1.54) is 0 Å². The molecular weight excluding hydrogens is 142 g/mol. The van der Waals surface area contributed by atoms with E-state index in [2.05, 4.69) is 0 Å². The van der Waals surface area contributed by atoms with Gasteiger partial charge in [-0.15, -0.1) is 0 Å². The van der Waals surface area contributed by atoms with Crippen molar-refractivity contribution in [3.8, 4) is 0 Å². The van der Waals surface area contributed by atoms with Crippen LogP contribution in [0, 0.1) is 0 Å². The van der Waals surface area contributed by atoms with E-state index in [-0.39, 0.29) is 0 Å². The summed E-state index contributed by atoms with van der Waals surface area (Å²) in [5.41, 5.74) is 18.0. The molecule has 7 N–H and O–H groups in total. The molecule has 0 spiro atoms. The molecule has 0 aliphatic rings. The molecule has 4 nitrogen and oxygen atoms in total. The number of hydrogen-bond acceptors (Lipinski definition) is 4. The van der Waals surface area contributed by atoms with Gasteiger partial charge in [-0.2, -0.15) is 0 Å². The highest BCUT2D eigenvalue weighted by atomic mass is 16.2. The summed E-state index contributed by atoms with van der Waals surface area (Å²) in [7, 11) is 1.00. The largest absolute Gasteiger partial charge is 0.400 e. The third-order valence-corrected chi connectivity index (χ3v) is 1.00. The van der Waals surface area contributed by atoms with Crippen molar-refractivity contribution < 1.29 is 5.11 Å². The zero-order valence-electron chi connectivity index (χ0n) is 6.41. The number of benzene rings is 1. The summed E-state index contributed by atoms with van der Waals surface area (Å²) < 4.78 is 0. The molecule has 11 heavy (non-hydrogen) atoms. The van der Waals surface area contributed by atoms with Crippen LogP contribution in [0.15, 0.2) is 18.2 Å². The lowest BCUT2D eigenvalue weighted by atomic mass is 10.2. The average molecular weight is 155 g/mol. The molecule has 0 aromatic heterocycles. The first-order valence-corrected chi connectivity index (χ1v) is 3.05. The molecule has 1 rings (SSSR count). The van der Waals surface area contributed by atoms with E-state index in [0.717, 1.165) is 7.11 Å². The van der Waals surface area contributed by atoms with Gasteiger partial charge in [0.25, 0.3) is 0 Å². The molecule has 0 saturated carbocycles. The predicted octanol–water partition coefficient (Wildman–Crippen LogP) is 0.0417. The molecule has 0 radical (unpaired) electrons. The van der Waals surface area contributed by atoms with Crippen LogP contribution in [0.5, 0.6) is 0 Å². The first-order valence-electron chi connectivity index (χ1n) is 3.05. The van der Waals surface area contributed by atoms with Gasteiger partial charge in [-0.25, -0.2) is 0 Å². The minimum absolute atomic E-state index is 0.604. The van der Waals surface area contributed by atoms with Gasteiger partial charge >= 0.3 is 0 Å². The van der Waals surface area contributed by atoms with Crippen LogP contribution < -0.4 is 17.2 Å². The number of anilines is 3. The second kappa shape index (κ2) is 4.40. The first kappa shape index (κ1) is 9.58. The standard InChI is InChI=1S/C6H9N3.CH4O/c7-4-1-5(8)3-6(9)2-4;1-2/h1-3H,7-9H2;2H,1H3. The number of rotatable bonds is 0. The molecule has 1 aromatic carbocycles. The SMILES string of the molecule is CO.Nc1cc(N)cc(N)c1. The molecule has 0 atom stereocenters. The molecule has 1 aromatic rings. The molecule has 0 heterocycles. The van der Waals surface area contributed by atoms with E-state index >= 15 is 0 Å². The van der Waals surface area contributed by atoms with Gasteiger partial charge in [0.2, 0.25) is 0 Å². The van der Waals surface area contributed by atoms with Gasteiger partial charge in [-0.05, 0) is 18.2 Å². The Hall–Kier alpha value is -1.42. The third-order valence-electron chi connectivity index (χ3n) is 1.00. The van der Waals surface area contributed by atoms with E-state index < -0.39 is 0 Å². The summed E-state index contributed by atoms with van der Waals surface area (Å²) in [5, 5.41) is 7.00. The molecule has 0 aliphatic heterocycles. The highest BCUT2D eigenvalue weighted by Gasteiger charge is 1.89. The van der Waals surface area contributed by atoms with Crippen molar-refractivity contribution in [3.05, 3.63) is 18.2 Å². The Bertz CT molecular complexity index is 174. The molecule has 0 unspecified atom stereocenters. The average Bonchev–Trinajstić information content (AvgIpc) is 1.88. The Morgan fingerprint density at radius 1 is 0.818 bits per heavy atom. The normalized spacial score (nSPS) is 8.18. The molecule has 0 amide bonds. The Morgan fingerprint density at radius 3 is 1.18 bits per heavy atom. The van der Waals surface area contributed by atoms with Gasteiger partial charge in [0.1, 0.15) is 0 Å². The summed E-state index contributed by atoms with van der Waals surface area (Å²) >= 11 is 0. The van der Waals surface area contributed by atoms with E-state index in [1.807, 2.05) is 0 Å². The Balaban J connectivity index is 0.000000461. The van der Waals surface area contributed by atoms with Gasteiger partial charge < -0.3 is 22.3 Å². The van der Waals surface area contributed by atoms with Crippen molar-refractivity contribution in [2.24, 2.45) is 0 Å². The van der Waals surface area contributed by atoms with Crippen LogP contribution in [0.4, 0.5) is 17.1 Å². The topological polar surface area (TPSA) is 98.3 Å². The lowest BCUT2D eigenvalue weighted by Crippen LogP contribution is -1.93. The molecule has 4 heteroatoms. The minimum atomic E-state index is 0.604. The number of aliphatic hydroxyl groups is 1. The Kier molecular flexibility index (Phi) is 3.84. The molecule has 62 valence electrons. The van der Waals surface area contributed by atoms with E-state index in [4.69, 9.17) is 22.3 Å². The summed E-state index contributed by atoms with van der Waals surface area (Å²) in [5.74, 6) is 0. The smallest absolute Gasteiger partial charge is 0.0355 e. The van der Waals surface area contributed by atoms with E-state index in [1.54, 1.807) is 18.2 Å². The molecule has 0 saturated heterocycles. The van der Waals surface area contributed by atoms with Crippen LogP contribution in [0.1, 0.15) is 0 Å². The molecule has 0 fully saturated rings. The van der Waals surface area contributed by atoms with E-state index in [9.17, 15) is 0 Å². The van der Waals surface area contributed by atoms with Crippen molar-refractivity contribution in [2.75, 3.05) is 24.3 Å². The minimum Gasteiger partial charge on any atom is -0.400 e. The second-order valence-corrected chi connectivity index (χ2v) is 1.93. The van der Waals surface area contributed by atoms with Crippen molar-refractivity contribution >= 4 is 17.1 Å². The summed E-state index contributed by atoms with van der Waals surface area (Å²) in [6, 6.07) is 4.99. The van der Waals surface area contributed by atoms with Crippen molar-refractivity contribution in [1.29, 1.82) is 0 Å². The maximum absolute atomic E-state index is 7.00. The second-order valence-electron chi connectivity index (χ2n) is 1.93. The summed E-state index contributed by atoms with van der Waals surface area (Å²) in [4.78, 5) is 0. The zero-order chi connectivity index (χ0) is 8.85. The molecule has 0 aliphatic carbocycles. The Labute approximate surface area is 65.6 Å². The van der Waals surface area contributed by atoms with Gasteiger partial charge in [0, 0.05) is 24.2 Å². The fourth-order valence-corrected chi connectivity index (χ4v) is 0.702. The fourth-order valence-electron chi connectivity index (χ4n) is 0.702. The maximum Gasteiger partial charge on any atom is 0.0355 e. The van der Waals surface area contributed by atoms with E-state index in [0.29, 0.717) is 17.1 Å². The summed E-state index contributed by atoms with van der Waals surface area (Å²) in [6.45, 7) is 0. The van der Waals surface area contributed by atoms with Crippen LogP contribution in [0.25, 0.3) is 0 Å². The van der Waals surface area contributed by atoms with Gasteiger partial charge in [0.15, 0.2) is 0 Å². The number of nitrogen functional groups attached to an aromatic ring is 3. The number of nitrogens with two attached hydrogens (primary N) is 3. The van der Waals surface area contributed by atoms with Crippen LogP contribution in [-0.4, -0.2) is 12.2 Å². The highest BCUT2D eigenvalue weighted by molar-refractivity contribution is 5.61. The van der Waals surface area contributed by atoms with Crippen LogP contribution in [0.2, 0.25) is 0 Å². The van der Waals surface area contributed by atoms with Crippen molar-refractivity contribution in [1.82, 2.24) is 0 Å². The lowest BCUT2D eigenvalue weighted by Gasteiger charge is -1.97. The number of hydrogen-bond donors (Lipinski definition) is 4. The lowest BCUT2D eigenvalue weighted by molar-refractivity contribution is 0.399. The van der Waals surface area contributed by atoms with Crippen LogP contribution in [0.3, 0.4) is 0 Å². The molecule has 0 bridgehead atoms. The number of aliphatic hydroxyl groups excluding tert-OH is 1. The zero-order valence-corrected chi connectivity index (χ0v) is 6.41.